The first-order valence-corrected chi connectivity index (χ1v) is 9.48. The van der Waals surface area contributed by atoms with E-state index in [4.69, 9.17) is 14.2 Å². The molecule has 1 aliphatic rings. The molecule has 0 aliphatic carbocycles. The standard InChI is InChI=1S/C22H28N2O4/c1-23(15-16-9-5-6-10-18(16)24-13-7-8-14-24)22(25)17-11-12-19(26-2)21(28-4)20(17)27-3/h5-6,9-12H,7-8,13-15H2,1-4H3. The van der Waals surface area contributed by atoms with E-state index in [1.807, 2.05) is 6.07 Å². The number of rotatable bonds is 7. The minimum atomic E-state index is -0.131. The lowest BCUT2D eigenvalue weighted by Crippen LogP contribution is -2.28. The summed E-state index contributed by atoms with van der Waals surface area (Å²) in [5, 5.41) is 0. The van der Waals surface area contributed by atoms with Gasteiger partial charge in [0.05, 0.1) is 26.9 Å². The van der Waals surface area contributed by atoms with Crippen LogP contribution in [0.4, 0.5) is 5.69 Å². The summed E-state index contributed by atoms with van der Waals surface area (Å²) in [7, 11) is 6.42. The van der Waals surface area contributed by atoms with Gasteiger partial charge in [0.2, 0.25) is 5.75 Å². The van der Waals surface area contributed by atoms with E-state index in [2.05, 4.69) is 23.1 Å². The molecule has 0 N–H and O–H groups in total. The van der Waals surface area contributed by atoms with Crippen molar-refractivity contribution < 1.29 is 19.0 Å². The van der Waals surface area contributed by atoms with Crippen molar-refractivity contribution in [2.75, 3.05) is 46.4 Å². The van der Waals surface area contributed by atoms with Crippen LogP contribution in [-0.2, 0) is 6.54 Å². The molecule has 6 nitrogen and oxygen atoms in total. The van der Waals surface area contributed by atoms with Crippen LogP contribution in [0, 0.1) is 0 Å². The van der Waals surface area contributed by atoms with Gasteiger partial charge in [0, 0.05) is 32.4 Å². The molecule has 0 spiro atoms. The molecule has 0 aromatic heterocycles. The molecule has 0 atom stereocenters. The van der Waals surface area contributed by atoms with Crippen molar-refractivity contribution in [2.45, 2.75) is 19.4 Å². The maximum atomic E-state index is 13.2. The molecule has 0 unspecified atom stereocenters. The van der Waals surface area contributed by atoms with Crippen LogP contribution in [0.5, 0.6) is 17.2 Å². The van der Waals surface area contributed by atoms with E-state index in [1.54, 1.807) is 31.2 Å². The van der Waals surface area contributed by atoms with Gasteiger partial charge in [-0.2, -0.15) is 0 Å². The van der Waals surface area contributed by atoms with Crippen molar-refractivity contribution in [1.82, 2.24) is 4.90 Å². The van der Waals surface area contributed by atoms with Crippen LogP contribution >= 0.6 is 0 Å². The quantitative estimate of drug-likeness (QED) is 0.730. The Labute approximate surface area is 166 Å². The fraction of sp³-hybridized carbons (Fsp3) is 0.409. The molecule has 28 heavy (non-hydrogen) atoms. The first-order chi connectivity index (χ1) is 13.6. The number of methoxy groups -OCH3 is 3. The van der Waals surface area contributed by atoms with Gasteiger partial charge in [-0.15, -0.1) is 0 Å². The van der Waals surface area contributed by atoms with E-state index in [1.165, 1.54) is 32.7 Å². The number of nitrogens with zero attached hydrogens (tertiary/aromatic N) is 2. The Kier molecular flexibility index (Phi) is 6.29. The molecule has 2 aromatic rings. The SMILES string of the molecule is COc1ccc(C(=O)N(C)Cc2ccccc2N2CCCC2)c(OC)c1OC. The molecule has 1 fully saturated rings. The van der Waals surface area contributed by atoms with E-state index in [9.17, 15) is 4.79 Å². The average Bonchev–Trinajstić information content (AvgIpc) is 3.26. The summed E-state index contributed by atoms with van der Waals surface area (Å²) in [4.78, 5) is 17.3. The van der Waals surface area contributed by atoms with Gasteiger partial charge in [-0.1, -0.05) is 18.2 Å². The Morgan fingerprint density at radius 2 is 1.64 bits per heavy atom. The fourth-order valence-corrected chi connectivity index (χ4v) is 3.71. The zero-order valence-corrected chi connectivity index (χ0v) is 17.0. The fourth-order valence-electron chi connectivity index (χ4n) is 3.71. The number of carbonyl (C=O) groups is 1. The van der Waals surface area contributed by atoms with Gasteiger partial charge in [-0.3, -0.25) is 4.79 Å². The van der Waals surface area contributed by atoms with Crippen LogP contribution in [0.2, 0.25) is 0 Å². The number of benzene rings is 2. The third-order valence-corrected chi connectivity index (χ3v) is 5.13. The second kappa shape index (κ2) is 8.87. The second-order valence-corrected chi connectivity index (χ2v) is 6.87. The molecule has 1 amide bonds. The van der Waals surface area contributed by atoms with Gasteiger partial charge < -0.3 is 24.0 Å². The minimum Gasteiger partial charge on any atom is -0.493 e. The van der Waals surface area contributed by atoms with Crippen molar-refractivity contribution in [3.8, 4) is 17.2 Å². The van der Waals surface area contributed by atoms with E-state index < -0.39 is 0 Å². The van der Waals surface area contributed by atoms with Gasteiger partial charge in [-0.25, -0.2) is 0 Å². The highest BCUT2D eigenvalue weighted by molar-refractivity contribution is 5.98. The molecular formula is C22H28N2O4. The summed E-state index contributed by atoms with van der Waals surface area (Å²) in [6.07, 6.45) is 2.43. The molecule has 1 heterocycles. The second-order valence-electron chi connectivity index (χ2n) is 6.87. The molecule has 0 bridgehead atoms. The summed E-state index contributed by atoms with van der Waals surface area (Å²) in [6, 6.07) is 11.7. The highest BCUT2D eigenvalue weighted by Gasteiger charge is 2.24. The Morgan fingerprint density at radius 3 is 2.29 bits per heavy atom. The first-order valence-electron chi connectivity index (χ1n) is 9.48. The number of amides is 1. The van der Waals surface area contributed by atoms with Gasteiger partial charge >= 0.3 is 0 Å². The molecule has 0 saturated carbocycles. The largest absolute Gasteiger partial charge is 0.493 e. The smallest absolute Gasteiger partial charge is 0.257 e. The van der Waals surface area contributed by atoms with Crippen LogP contribution in [-0.4, -0.2) is 52.3 Å². The van der Waals surface area contributed by atoms with Crippen LogP contribution in [0.1, 0.15) is 28.8 Å². The van der Waals surface area contributed by atoms with Gasteiger partial charge in [0.25, 0.3) is 5.91 Å². The van der Waals surface area contributed by atoms with Crippen LogP contribution in [0.25, 0.3) is 0 Å². The van der Waals surface area contributed by atoms with Crippen molar-refractivity contribution >= 4 is 11.6 Å². The molecular weight excluding hydrogens is 356 g/mol. The monoisotopic (exact) mass is 384 g/mol. The molecule has 1 saturated heterocycles. The van der Waals surface area contributed by atoms with E-state index in [-0.39, 0.29) is 5.91 Å². The number of anilines is 1. The van der Waals surface area contributed by atoms with E-state index in [0.29, 0.717) is 29.4 Å². The summed E-state index contributed by atoms with van der Waals surface area (Å²) < 4.78 is 16.2. The molecule has 3 rings (SSSR count). The van der Waals surface area contributed by atoms with Crippen LogP contribution < -0.4 is 19.1 Å². The van der Waals surface area contributed by atoms with E-state index >= 15 is 0 Å². The van der Waals surface area contributed by atoms with Crippen molar-refractivity contribution in [1.29, 1.82) is 0 Å². The summed E-state index contributed by atoms with van der Waals surface area (Å²) >= 11 is 0. The maximum absolute atomic E-state index is 13.2. The van der Waals surface area contributed by atoms with Crippen LogP contribution in [0.15, 0.2) is 36.4 Å². The number of hydrogen-bond donors (Lipinski definition) is 0. The lowest BCUT2D eigenvalue weighted by Gasteiger charge is -2.25. The molecule has 150 valence electrons. The topological polar surface area (TPSA) is 51.2 Å². The zero-order valence-electron chi connectivity index (χ0n) is 17.0. The van der Waals surface area contributed by atoms with Gasteiger partial charge in [-0.05, 0) is 36.6 Å². The van der Waals surface area contributed by atoms with Crippen molar-refractivity contribution in [3.05, 3.63) is 47.5 Å². The lowest BCUT2D eigenvalue weighted by atomic mass is 10.1. The van der Waals surface area contributed by atoms with E-state index in [0.717, 1.165) is 18.7 Å². The normalized spacial score (nSPS) is 13.4. The Balaban J connectivity index is 1.86. The number of para-hydroxylation sites is 1. The van der Waals surface area contributed by atoms with Gasteiger partial charge in [0.1, 0.15) is 0 Å². The predicted molar refractivity (Wildman–Crippen MR) is 110 cm³/mol. The predicted octanol–water partition coefficient (Wildman–Crippen LogP) is 3.58. The third-order valence-electron chi connectivity index (χ3n) is 5.13. The molecule has 6 heteroatoms. The third kappa shape index (κ3) is 3.86. The lowest BCUT2D eigenvalue weighted by molar-refractivity contribution is 0.0781. The Morgan fingerprint density at radius 1 is 0.964 bits per heavy atom. The van der Waals surface area contributed by atoms with Gasteiger partial charge in [0.15, 0.2) is 11.5 Å². The van der Waals surface area contributed by atoms with Crippen LogP contribution in [0.3, 0.4) is 0 Å². The molecule has 0 radical (unpaired) electrons. The summed E-state index contributed by atoms with van der Waals surface area (Å²) in [6.45, 7) is 2.65. The van der Waals surface area contributed by atoms with Crippen molar-refractivity contribution in [3.63, 3.8) is 0 Å². The maximum Gasteiger partial charge on any atom is 0.257 e. The number of carbonyl (C=O) groups excluding carboxylic acids is 1. The number of ether oxygens (including phenoxy) is 3. The highest BCUT2D eigenvalue weighted by Crippen LogP contribution is 2.40. The summed E-state index contributed by atoms with van der Waals surface area (Å²) in [5.41, 5.74) is 2.79. The summed E-state index contributed by atoms with van der Waals surface area (Å²) in [5.74, 6) is 1.19. The number of hydrogen-bond acceptors (Lipinski definition) is 5. The average molecular weight is 384 g/mol. The zero-order chi connectivity index (χ0) is 20.1. The molecule has 1 aliphatic heterocycles. The highest BCUT2D eigenvalue weighted by atomic mass is 16.5. The Hall–Kier alpha value is -2.89. The first kappa shape index (κ1) is 19.9. The van der Waals surface area contributed by atoms with Crippen molar-refractivity contribution in [2.24, 2.45) is 0 Å². The Bertz CT molecular complexity index is 831. The molecule has 2 aromatic carbocycles. The minimum absolute atomic E-state index is 0.131.